The lowest BCUT2D eigenvalue weighted by Crippen LogP contribution is -2.42. The molecule has 1 atom stereocenters. The Morgan fingerprint density at radius 2 is 2.11 bits per heavy atom. The lowest BCUT2D eigenvalue weighted by Gasteiger charge is -2.33. The molecule has 0 radical (unpaired) electrons. The molecule has 9 nitrogen and oxygen atoms in total. The van der Waals surface area contributed by atoms with Gasteiger partial charge in [0, 0.05) is 39.2 Å². The number of ether oxygens (including phenoxy) is 1. The molecule has 4 rings (SSSR count). The number of carbonyl (C=O) groups is 2. The number of hydrogen-bond donors (Lipinski definition) is 0. The molecular weight excluding hydrogens is 362 g/mol. The average Bonchev–Trinajstić information content (AvgIpc) is 3.33. The SMILES string of the molecule is COCC(=O)N1CCCC(c2nnc3n2CCN(C(=O)c2ccoc2C)C3)C1. The number of amides is 2. The fourth-order valence-electron chi connectivity index (χ4n) is 4.06. The standard InChI is InChI=1S/C19H25N5O4/c1-13-15(5-9-28-13)19(26)23-7-8-24-16(11-23)20-21-18(24)14-4-3-6-22(10-14)17(25)12-27-2/h5,9,14H,3-4,6-8,10-12H2,1-2H3. The van der Waals surface area contributed by atoms with Crippen LogP contribution in [0.3, 0.4) is 0 Å². The molecule has 1 unspecified atom stereocenters. The van der Waals surface area contributed by atoms with Gasteiger partial charge in [0.05, 0.1) is 18.4 Å². The van der Waals surface area contributed by atoms with Crippen LogP contribution < -0.4 is 0 Å². The molecule has 0 aliphatic carbocycles. The Labute approximate surface area is 163 Å². The lowest BCUT2D eigenvalue weighted by molar-refractivity contribution is -0.136. The van der Waals surface area contributed by atoms with Gasteiger partial charge in [-0.25, -0.2) is 0 Å². The molecule has 1 saturated heterocycles. The molecule has 0 bridgehead atoms. The van der Waals surface area contributed by atoms with Gasteiger partial charge in [-0.05, 0) is 25.8 Å². The Bertz CT molecular complexity index is 874. The zero-order valence-corrected chi connectivity index (χ0v) is 16.3. The summed E-state index contributed by atoms with van der Waals surface area (Å²) in [6, 6.07) is 1.70. The maximum Gasteiger partial charge on any atom is 0.257 e. The monoisotopic (exact) mass is 387 g/mol. The number of aryl methyl sites for hydroxylation is 1. The van der Waals surface area contributed by atoms with Gasteiger partial charge in [-0.2, -0.15) is 0 Å². The van der Waals surface area contributed by atoms with E-state index in [0.29, 0.717) is 37.5 Å². The third-order valence-electron chi connectivity index (χ3n) is 5.57. The first-order valence-corrected chi connectivity index (χ1v) is 9.60. The van der Waals surface area contributed by atoms with Gasteiger partial charge in [0.2, 0.25) is 5.91 Å². The molecule has 2 aromatic heterocycles. The van der Waals surface area contributed by atoms with Crippen LogP contribution in [-0.2, 0) is 22.6 Å². The van der Waals surface area contributed by atoms with E-state index in [2.05, 4.69) is 14.8 Å². The van der Waals surface area contributed by atoms with Crippen LogP contribution in [-0.4, -0.2) is 69.7 Å². The highest BCUT2D eigenvalue weighted by atomic mass is 16.5. The van der Waals surface area contributed by atoms with E-state index in [0.717, 1.165) is 31.0 Å². The number of piperidine rings is 1. The minimum atomic E-state index is -0.0453. The van der Waals surface area contributed by atoms with Gasteiger partial charge in [-0.3, -0.25) is 9.59 Å². The molecule has 0 spiro atoms. The molecule has 2 amide bonds. The van der Waals surface area contributed by atoms with Crippen molar-refractivity contribution in [2.75, 3.05) is 33.4 Å². The maximum absolute atomic E-state index is 12.7. The second-order valence-corrected chi connectivity index (χ2v) is 7.36. The normalized spacial score (nSPS) is 19.6. The highest BCUT2D eigenvalue weighted by Crippen LogP contribution is 2.28. The van der Waals surface area contributed by atoms with Crippen molar-refractivity contribution >= 4 is 11.8 Å². The quantitative estimate of drug-likeness (QED) is 0.782. The number of furan rings is 1. The summed E-state index contributed by atoms with van der Waals surface area (Å²) in [5.41, 5.74) is 0.591. The summed E-state index contributed by atoms with van der Waals surface area (Å²) in [5, 5.41) is 8.76. The third-order valence-corrected chi connectivity index (χ3v) is 5.57. The smallest absolute Gasteiger partial charge is 0.257 e. The Hall–Kier alpha value is -2.68. The summed E-state index contributed by atoms with van der Waals surface area (Å²) in [6.07, 6.45) is 3.45. The molecule has 0 N–H and O–H groups in total. The van der Waals surface area contributed by atoms with Crippen molar-refractivity contribution in [3.05, 3.63) is 35.3 Å². The molecule has 4 heterocycles. The first-order valence-electron chi connectivity index (χ1n) is 9.60. The van der Waals surface area contributed by atoms with Crippen LogP contribution in [0.15, 0.2) is 16.7 Å². The molecular formula is C19H25N5O4. The van der Waals surface area contributed by atoms with Crippen molar-refractivity contribution < 1.29 is 18.7 Å². The van der Waals surface area contributed by atoms with Gasteiger partial charge in [0.1, 0.15) is 18.2 Å². The first-order chi connectivity index (χ1) is 13.6. The van der Waals surface area contributed by atoms with Crippen molar-refractivity contribution in [3.8, 4) is 0 Å². The number of nitrogens with zero attached hydrogens (tertiary/aromatic N) is 5. The molecule has 2 aliphatic heterocycles. The number of aromatic nitrogens is 3. The Kier molecular flexibility index (Phi) is 5.17. The fourth-order valence-corrected chi connectivity index (χ4v) is 4.06. The third kappa shape index (κ3) is 3.42. The Morgan fingerprint density at radius 1 is 1.25 bits per heavy atom. The van der Waals surface area contributed by atoms with E-state index in [1.165, 1.54) is 13.4 Å². The predicted octanol–water partition coefficient (Wildman–Crippen LogP) is 1.19. The molecule has 0 aromatic carbocycles. The van der Waals surface area contributed by atoms with E-state index in [4.69, 9.17) is 9.15 Å². The average molecular weight is 387 g/mol. The molecule has 0 saturated carbocycles. The van der Waals surface area contributed by atoms with Gasteiger partial charge < -0.3 is 23.5 Å². The van der Waals surface area contributed by atoms with Crippen LogP contribution in [0, 0.1) is 6.92 Å². The molecule has 1 fully saturated rings. The molecule has 2 aromatic rings. The summed E-state index contributed by atoms with van der Waals surface area (Å²) in [7, 11) is 1.53. The topological polar surface area (TPSA) is 93.7 Å². The molecule has 28 heavy (non-hydrogen) atoms. The van der Waals surface area contributed by atoms with Crippen LogP contribution >= 0.6 is 0 Å². The number of hydrogen-bond acceptors (Lipinski definition) is 6. The molecule has 9 heteroatoms. The Morgan fingerprint density at radius 3 is 2.86 bits per heavy atom. The van der Waals surface area contributed by atoms with Crippen LogP contribution in [0.4, 0.5) is 0 Å². The summed E-state index contributed by atoms with van der Waals surface area (Å²) in [4.78, 5) is 28.5. The van der Waals surface area contributed by atoms with E-state index in [-0.39, 0.29) is 24.3 Å². The van der Waals surface area contributed by atoms with Crippen molar-refractivity contribution in [2.24, 2.45) is 0 Å². The fraction of sp³-hybridized carbons (Fsp3) is 0.579. The minimum Gasteiger partial charge on any atom is -0.469 e. The Balaban J connectivity index is 1.47. The highest BCUT2D eigenvalue weighted by Gasteiger charge is 2.32. The van der Waals surface area contributed by atoms with Crippen LogP contribution in [0.1, 0.15) is 46.5 Å². The minimum absolute atomic E-state index is 0.0119. The van der Waals surface area contributed by atoms with Gasteiger partial charge in [-0.15, -0.1) is 10.2 Å². The van der Waals surface area contributed by atoms with Crippen LogP contribution in [0.2, 0.25) is 0 Å². The highest BCUT2D eigenvalue weighted by molar-refractivity contribution is 5.95. The molecule has 150 valence electrons. The molecule has 2 aliphatic rings. The van der Waals surface area contributed by atoms with Crippen LogP contribution in [0.25, 0.3) is 0 Å². The summed E-state index contributed by atoms with van der Waals surface area (Å²) >= 11 is 0. The van der Waals surface area contributed by atoms with Crippen molar-refractivity contribution in [1.82, 2.24) is 24.6 Å². The van der Waals surface area contributed by atoms with Crippen LogP contribution in [0.5, 0.6) is 0 Å². The summed E-state index contributed by atoms with van der Waals surface area (Å²) in [5.74, 6) is 2.46. The number of rotatable bonds is 4. The first kappa shape index (κ1) is 18.7. The number of methoxy groups -OCH3 is 1. The van der Waals surface area contributed by atoms with Crippen molar-refractivity contribution in [2.45, 2.75) is 38.8 Å². The number of carbonyl (C=O) groups excluding carboxylic acids is 2. The second-order valence-electron chi connectivity index (χ2n) is 7.36. The predicted molar refractivity (Wildman–Crippen MR) is 98.6 cm³/mol. The second kappa shape index (κ2) is 7.75. The lowest BCUT2D eigenvalue weighted by atomic mass is 9.97. The maximum atomic E-state index is 12.7. The summed E-state index contributed by atoms with van der Waals surface area (Å²) < 4.78 is 12.3. The van der Waals surface area contributed by atoms with E-state index < -0.39 is 0 Å². The van der Waals surface area contributed by atoms with E-state index in [1.54, 1.807) is 17.9 Å². The van der Waals surface area contributed by atoms with E-state index >= 15 is 0 Å². The largest absolute Gasteiger partial charge is 0.469 e. The van der Waals surface area contributed by atoms with E-state index in [9.17, 15) is 9.59 Å². The van der Waals surface area contributed by atoms with Gasteiger partial charge >= 0.3 is 0 Å². The number of likely N-dealkylation sites (tertiary alicyclic amines) is 1. The van der Waals surface area contributed by atoms with Gasteiger partial charge in [0.25, 0.3) is 5.91 Å². The number of fused-ring (bicyclic) bond motifs is 1. The zero-order valence-electron chi connectivity index (χ0n) is 16.3. The summed E-state index contributed by atoms with van der Waals surface area (Å²) in [6.45, 7) is 4.97. The van der Waals surface area contributed by atoms with Crippen molar-refractivity contribution in [1.29, 1.82) is 0 Å². The zero-order chi connectivity index (χ0) is 19.7. The van der Waals surface area contributed by atoms with Crippen molar-refractivity contribution in [3.63, 3.8) is 0 Å². The van der Waals surface area contributed by atoms with Gasteiger partial charge in [-0.1, -0.05) is 0 Å². The van der Waals surface area contributed by atoms with E-state index in [1.807, 2.05) is 4.90 Å². The van der Waals surface area contributed by atoms with Gasteiger partial charge in [0.15, 0.2) is 5.82 Å².